The Morgan fingerprint density at radius 1 is 1.31 bits per heavy atom. The maximum Gasteiger partial charge on any atom is 0.289 e. The highest BCUT2D eigenvalue weighted by molar-refractivity contribution is 7.99. The van der Waals surface area contributed by atoms with Crippen LogP contribution in [-0.2, 0) is 9.59 Å². The van der Waals surface area contributed by atoms with Gasteiger partial charge in [-0.1, -0.05) is 23.9 Å². The monoisotopic (exact) mass is 365 g/mol. The van der Waals surface area contributed by atoms with Crippen LogP contribution in [0, 0.1) is 22.7 Å². The average molecular weight is 365 g/mol. The molecule has 2 heterocycles. The highest BCUT2D eigenvalue weighted by atomic mass is 32.2. The number of aromatic amines is 1. The molecule has 0 bridgehead atoms. The maximum atomic E-state index is 12.6. The van der Waals surface area contributed by atoms with Crippen LogP contribution in [0.4, 0.5) is 17.2 Å². The summed E-state index contributed by atoms with van der Waals surface area (Å²) in [6, 6.07) is 12.3. The van der Waals surface area contributed by atoms with E-state index in [1.54, 1.807) is 24.3 Å². The zero-order valence-corrected chi connectivity index (χ0v) is 14.3. The quantitative estimate of drug-likeness (QED) is 0.775. The van der Waals surface area contributed by atoms with Crippen molar-refractivity contribution in [2.75, 3.05) is 28.2 Å². The van der Waals surface area contributed by atoms with Gasteiger partial charge in [-0.2, -0.15) is 10.5 Å². The molecule has 3 rings (SSSR count). The lowest BCUT2D eigenvalue weighted by Gasteiger charge is -2.28. The molecule has 128 valence electrons. The Kier molecular flexibility index (Phi) is 4.74. The number of para-hydroxylation sites is 2. The van der Waals surface area contributed by atoms with E-state index < -0.39 is 0 Å². The average Bonchev–Trinajstić information content (AvgIpc) is 2.65. The number of H-pyrrole nitrogens is 1. The number of thioether (sulfide) groups is 1. The molecule has 1 aliphatic rings. The first-order valence-electron chi connectivity index (χ1n) is 7.51. The number of nitrogen functional groups attached to an aromatic ring is 1. The first kappa shape index (κ1) is 17.3. The molecule has 4 N–H and O–H groups in total. The summed E-state index contributed by atoms with van der Waals surface area (Å²) in [4.78, 5) is 28.6. The van der Waals surface area contributed by atoms with Crippen LogP contribution in [0.15, 0.2) is 35.4 Å². The normalized spacial score (nSPS) is 12.5. The number of amides is 2. The molecule has 1 aromatic carbocycles. The van der Waals surface area contributed by atoms with Gasteiger partial charge >= 0.3 is 0 Å². The van der Waals surface area contributed by atoms with Crippen molar-refractivity contribution in [1.29, 1.82) is 10.5 Å². The van der Waals surface area contributed by atoms with Crippen LogP contribution in [-0.4, -0.2) is 24.1 Å². The fourth-order valence-electron chi connectivity index (χ4n) is 2.50. The molecule has 0 fully saturated rings. The van der Waals surface area contributed by atoms with Gasteiger partial charge in [-0.15, -0.1) is 0 Å². The van der Waals surface area contributed by atoms with Crippen molar-refractivity contribution in [3.05, 3.63) is 41.5 Å². The van der Waals surface area contributed by atoms with Crippen LogP contribution in [0.3, 0.4) is 0 Å². The number of fused-ring (bicyclic) bond motifs is 1. The molecule has 0 unspecified atom stereocenters. The number of hydrogen-bond acceptors (Lipinski definition) is 6. The van der Waals surface area contributed by atoms with Gasteiger partial charge in [0, 0.05) is 0 Å². The van der Waals surface area contributed by atoms with Crippen molar-refractivity contribution >= 4 is 40.8 Å². The number of hydrogen-bond donors (Lipinski definition) is 2. The standard InChI is InChI=1S/C17H12N6O2S/c18-6-10-5-11(7-19)17(22-16(10)20)26-9-15(25)23-8-14(24)21-12-3-1-2-4-13(12)23/h1-5H,8-9H2,(H2,20,22)(H,21,24)/p+1. The van der Waals surface area contributed by atoms with E-state index in [4.69, 9.17) is 11.0 Å². The number of carbonyl (C=O) groups is 2. The van der Waals surface area contributed by atoms with Crippen LogP contribution in [0.25, 0.3) is 0 Å². The summed E-state index contributed by atoms with van der Waals surface area (Å²) < 4.78 is 0. The number of nitriles is 2. The first-order chi connectivity index (χ1) is 12.5. The van der Waals surface area contributed by atoms with Crippen molar-refractivity contribution in [2.45, 2.75) is 5.03 Å². The van der Waals surface area contributed by atoms with Gasteiger partial charge in [0.1, 0.15) is 29.8 Å². The number of carbonyl (C=O) groups excluding carboxylic acids is 2. The summed E-state index contributed by atoms with van der Waals surface area (Å²) >= 11 is 1.09. The van der Waals surface area contributed by atoms with Crippen molar-refractivity contribution < 1.29 is 14.6 Å². The minimum Gasteiger partial charge on any atom is -0.323 e. The Labute approximate surface area is 153 Å². The Bertz CT molecular complexity index is 992. The predicted molar refractivity (Wildman–Crippen MR) is 95.0 cm³/mol. The summed E-state index contributed by atoms with van der Waals surface area (Å²) in [5.41, 5.74) is 7.33. The van der Waals surface area contributed by atoms with Gasteiger partial charge in [0.15, 0.2) is 5.03 Å². The molecule has 9 heteroatoms. The molecule has 26 heavy (non-hydrogen) atoms. The van der Waals surface area contributed by atoms with Gasteiger partial charge < -0.3 is 10.2 Å². The van der Waals surface area contributed by atoms with E-state index in [-0.39, 0.29) is 41.1 Å². The smallest absolute Gasteiger partial charge is 0.289 e. The van der Waals surface area contributed by atoms with Gasteiger partial charge in [-0.25, -0.2) is 4.98 Å². The zero-order valence-electron chi connectivity index (χ0n) is 13.4. The molecular weight excluding hydrogens is 352 g/mol. The molecule has 0 saturated carbocycles. The van der Waals surface area contributed by atoms with E-state index in [1.807, 2.05) is 12.1 Å². The molecule has 2 aromatic rings. The molecule has 0 aliphatic carbocycles. The van der Waals surface area contributed by atoms with E-state index in [0.717, 1.165) is 11.8 Å². The highest BCUT2D eigenvalue weighted by Gasteiger charge is 2.27. The van der Waals surface area contributed by atoms with Crippen LogP contribution in [0.2, 0.25) is 0 Å². The van der Waals surface area contributed by atoms with Crippen molar-refractivity contribution in [3.63, 3.8) is 0 Å². The molecule has 1 aliphatic heterocycles. The summed E-state index contributed by atoms with van der Waals surface area (Å²) in [5, 5.41) is 21.3. The van der Waals surface area contributed by atoms with Gasteiger partial charge in [0.25, 0.3) is 5.82 Å². The Balaban J connectivity index is 1.80. The number of nitrogens with one attached hydrogen (secondary N) is 2. The summed E-state index contributed by atoms with van der Waals surface area (Å²) in [6.07, 6.45) is 0. The minimum atomic E-state index is -0.280. The third-order valence-electron chi connectivity index (χ3n) is 3.72. The van der Waals surface area contributed by atoms with Crippen LogP contribution in [0.5, 0.6) is 0 Å². The second-order valence-corrected chi connectivity index (χ2v) is 6.38. The summed E-state index contributed by atoms with van der Waals surface area (Å²) in [5.74, 6) is -0.423. The summed E-state index contributed by atoms with van der Waals surface area (Å²) in [7, 11) is 0. The SMILES string of the molecule is N#Cc1cc(C#N)c(SCC(=O)N2CC(=O)Nc3ccccc32)[nH+]c1N. The number of rotatable bonds is 3. The van der Waals surface area contributed by atoms with Crippen LogP contribution < -0.4 is 20.9 Å². The fourth-order valence-corrected chi connectivity index (χ4v) is 3.37. The molecule has 0 saturated heterocycles. The third-order valence-corrected chi connectivity index (χ3v) is 4.73. The Hall–Kier alpha value is -3.56. The lowest BCUT2D eigenvalue weighted by atomic mass is 10.2. The van der Waals surface area contributed by atoms with Crippen LogP contribution in [0.1, 0.15) is 11.1 Å². The molecule has 0 atom stereocenters. The van der Waals surface area contributed by atoms with E-state index in [1.165, 1.54) is 11.0 Å². The second-order valence-electron chi connectivity index (χ2n) is 5.40. The van der Waals surface area contributed by atoms with Gasteiger partial charge in [-0.05, 0) is 18.2 Å². The minimum absolute atomic E-state index is 0.00185. The second kappa shape index (κ2) is 7.13. The van der Waals surface area contributed by atoms with Gasteiger partial charge in [0.05, 0.1) is 17.1 Å². The Morgan fingerprint density at radius 3 is 2.77 bits per heavy atom. The van der Waals surface area contributed by atoms with E-state index in [2.05, 4.69) is 10.3 Å². The van der Waals surface area contributed by atoms with Gasteiger partial charge in [0.2, 0.25) is 11.8 Å². The molecule has 2 amide bonds. The number of aromatic nitrogens is 1. The molecular formula is C17H13N6O2S+. The number of nitrogens with two attached hydrogens (primary N) is 1. The van der Waals surface area contributed by atoms with E-state index in [9.17, 15) is 14.9 Å². The zero-order chi connectivity index (χ0) is 18.7. The topological polar surface area (TPSA) is 137 Å². The number of nitrogens with zero attached hydrogens (tertiary/aromatic N) is 3. The van der Waals surface area contributed by atoms with Gasteiger partial charge in [-0.3, -0.25) is 15.3 Å². The maximum absolute atomic E-state index is 12.6. The largest absolute Gasteiger partial charge is 0.323 e. The predicted octanol–water partition coefficient (Wildman–Crippen LogP) is 0.904. The van der Waals surface area contributed by atoms with Crippen molar-refractivity contribution in [1.82, 2.24) is 0 Å². The third kappa shape index (κ3) is 3.29. The van der Waals surface area contributed by atoms with Crippen LogP contribution >= 0.6 is 11.8 Å². The van der Waals surface area contributed by atoms with E-state index >= 15 is 0 Å². The summed E-state index contributed by atoms with van der Waals surface area (Å²) in [6.45, 7) is -0.0687. The highest BCUT2D eigenvalue weighted by Crippen LogP contribution is 2.30. The molecule has 0 spiro atoms. The molecule has 8 nitrogen and oxygen atoms in total. The molecule has 1 aromatic heterocycles. The Morgan fingerprint density at radius 2 is 2.04 bits per heavy atom. The number of anilines is 3. The van der Waals surface area contributed by atoms with Crippen molar-refractivity contribution in [3.8, 4) is 12.1 Å². The lowest BCUT2D eigenvalue weighted by molar-refractivity contribution is -0.410. The molecule has 0 radical (unpaired) electrons. The lowest BCUT2D eigenvalue weighted by Crippen LogP contribution is -2.43. The van der Waals surface area contributed by atoms with Crippen molar-refractivity contribution in [2.24, 2.45) is 0 Å². The van der Waals surface area contributed by atoms with E-state index in [0.29, 0.717) is 16.4 Å². The number of pyridine rings is 1. The fraction of sp³-hybridized carbons (Fsp3) is 0.118. The number of benzene rings is 1. The first-order valence-corrected chi connectivity index (χ1v) is 8.50.